The second kappa shape index (κ2) is 7.78. The maximum absolute atomic E-state index is 14.0. The molecule has 0 spiro atoms. The Balaban J connectivity index is 2.45. The number of nitro groups is 1. The largest absolute Gasteiger partial charge is 0.462 e. The fraction of sp³-hybridized carbons (Fsp3) is 0.188. The molecule has 0 saturated carbocycles. The second-order valence-corrected chi connectivity index (χ2v) is 5.43. The van der Waals surface area contributed by atoms with E-state index in [0.717, 1.165) is 18.2 Å². The SMILES string of the molecule is CCOC(=O)c1cc(Oc2c(F)cc(C(F)(F)F)cc2Cl)ccc1[N+](=O)[O-]. The van der Waals surface area contributed by atoms with Gasteiger partial charge in [0.15, 0.2) is 11.6 Å². The van der Waals surface area contributed by atoms with Gasteiger partial charge in [-0.15, -0.1) is 0 Å². The molecular weight excluding hydrogens is 398 g/mol. The molecule has 0 atom stereocenters. The van der Waals surface area contributed by atoms with Gasteiger partial charge in [0, 0.05) is 12.1 Å². The summed E-state index contributed by atoms with van der Waals surface area (Å²) in [7, 11) is 0. The standard InChI is InChI=1S/C16H10ClF4NO5/c1-2-26-15(23)10-7-9(3-4-13(10)22(24)25)27-14-11(17)5-8(6-12(14)18)16(19,20)21/h3-7H,2H2,1H3. The highest BCUT2D eigenvalue weighted by Gasteiger charge is 2.33. The summed E-state index contributed by atoms with van der Waals surface area (Å²) in [4.78, 5) is 22.0. The van der Waals surface area contributed by atoms with Gasteiger partial charge in [0.25, 0.3) is 5.69 Å². The quantitative estimate of drug-likeness (QED) is 0.288. The highest BCUT2D eigenvalue weighted by molar-refractivity contribution is 6.32. The van der Waals surface area contributed by atoms with Gasteiger partial charge >= 0.3 is 12.1 Å². The maximum atomic E-state index is 14.0. The van der Waals surface area contributed by atoms with Gasteiger partial charge in [-0.2, -0.15) is 13.2 Å². The number of carbonyl (C=O) groups is 1. The monoisotopic (exact) mass is 407 g/mol. The molecule has 0 amide bonds. The minimum Gasteiger partial charge on any atom is -0.462 e. The number of benzene rings is 2. The third-order valence-electron chi connectivity index (χ3n) is 3.21. The zero-order valence-corrected chi connectivity index (χ0v) is 14.2. The van der Waals surface area contributed by atoms with Crippen molar-refractivity contribution in [1.82, 2.24) is 0 Å². The predicted octanol–water partition coefficient (Wildman–Crippen LogP) is 5.38. The lowest BCUT2D eigenvalue weighted by Gasteiger charge is -2.13. The Labute approximate surface area is 154 Å². The van der Waals surface area contributed by atoms with E-state index in [4.69, 9.17) is 21.1 Å². The number of hydrogen-bond acceptors (Lipinski definition) is 5. The van der Waals surface area contributed by atoms with Gasteiger partial charge in [-0.25, -0.2) is 9.18 Å². The van der Waals surface area contributed by atoms with Crippen LogP contribution in [0.4, 0.5) is 23.2 Å². The average Bonchev–Trinajstić information content (AvgIpc) is 2.57. The molecule has 0 saturated heterocycles. The number of esters is 1. The lowest BCUT2D eigenvalue weighted by atomic mass is 10.1. The van der Waals surface area contributed by atoms with Crippen molar-refractivity contribution in [2.24, 2.45) is 0 Å². The van der Waals surface area contributed by atoms with E-state index in [2.05, 4.69) is 0 Å². The number of alkyl halides is 3. The van der Waals surface area contributed by atoms with Crippen molar-refractivity contribution in [3.05, 3.63) is 62.4 Å². The number of halogens is 5. The molecular formula is C16H10ClF4NO5. The Kier molecular flexibility index (Phi) is 5.89. The molecule has 2 aromatic rings. The van der Waals surface area contributed by atoms with Crippen LogP contribution < -0.4 is 4.74 Å². The Morgan fingerprint density at radius 3 is 2.44 bits per heavy atom. The Bertz CT molecular complexity index is 878. The number of nitro benzene ring substituents is 1. The van der Waals surface area contributed by atoms with Crippen molar-refractivity contribution in [2.45, 2.75) is 13.1 Å². The summed E-state index contributed by atoms with van der Waals surface area (Å²) in [6, 6.07) is 3.52. The van der Waals surface area contributed by atoms with Crippen LogP contribution in [-0.4, -0.2) is 17.5 Å². The molecule has 27 heavy (non-hydrogen) atoms. The molecule has 0 aromatic heterocycles. The molecule has 0 unspecified atom stereocenters. The van der Waals surface area contributed by atoms with Crippen molar-refractivity contribution >= 4 is 23.3 Å². The van der Waals surface area contributed by atoms with Crippen molar-refractivity contribution in [3.63, 3.8) is 0 Å². The normalized spacial score (nSPS) is 11.2. The van der Waals surface area contributed by atoms with Gasteiger partial charge in [0.2, 0.25) is 0 Å². The van der Waals surface area contributed by atoms with Crippen molar-refractivity contribution in [3.8, 4) is 11.5 Å². The van der Waals surface area contributed by atoms with E-state index in [1.54, 1.807) is 0 Å². The number of nitrogens with zero attached hydrogens (tertiary/aromatic N) is 1. The summed E-state index contributed by atoms with van der Waals surface area (Å²) < 4.78 is 61.8. The van der Waals surface area contributed by atoms with Gasteiger partial charge in [-0.05, 0) is 25.1 Å². The van der Waals surface area contributed by atoms with Gasteiger partial charge < -0.3 is 9.47 Å². The lowest BCUT2D eigenvalue weighted by Crippen LogP contribution is -2.08. The Morgan fingerprint density at radius 1 is 1.26 bits per heavy atom. The second-order valence-electron chi connectivity index (χ2n) is 5.03. The van der Waals surface area contributed by atoms with Gasteiger partial charge in [0.05, 0.1) is 22.1 Å². The van der Waals surface area contributed by atoms with E-state index >= 15 is 0 Å². The Hall–Kier alpha value is -2.88. The summed E-state index contributed by atoms with van der Waals surface area (Å²) in [5, 5.41) is 10.3. The molecule has 0 heterocycles. The van der Waals surface area contributed by atoms with Crippen LogP contribution >= 0.6 is 11.6 Å². The third-order valence-corrected chi connectivity index (χ3v) is 3.49. The highest BCUT2D eigenvalue weighted by Crippen LogP contribution is 2.39. The van der Waals surface area contributed by atoms with E-state index in [0.29, 0.717) is 6.07 Å². The molecule has 0 radical (unpaired) electrons. The number of hydrogen-bond donors (Lipinski definition) is 0. The molecule has 0 aliphatic heterocycles. The molecule has 6 nitrogen and oxygen atoms in total. The van der Waals surface area contributed by atoms with Crippen LogP contribution in [0.25, 0.3) is 0 Å². The smallest absolute Gasteiger partial charge is 0.416 e. The molecule has 0 bridgehead atoms. The van der Waals surface area contributed by atoms with Gasteiger partial charge in [0.1, 0.15) is 11.3 Å². The number of ether oxygens (including phenoxy) is 2. The van der Waals surface area contributed by atoms with E-state index in [9.17, 15) is 32.5 Å². The van der Waals surface area contributed by atoms with Crippen LogP contribution in [0.5, 0.6) is 11.5 Å². The molecule has 0 aliphatic carbocycles. The zero-order chi connectivity index (χ0) is 20.4. The summed E-state index contributed by atoms with van der Waals surface area (Å²) in [5.74, 6) is -3.41. The van der Waals surface area contributed by atoms with Crippen molar-refractivity contribution in [2.75, 3.05) is 6.61 Å². The molecule has 0 aliphatic rings. The average molecular weight is 408 g/mol. The minimum absolute atomic E-state index is 0.0551. The minimum atomic E-state index is -4.81. The molecule has 11 heteroatoms. The number of rotatable bonds is 5. The summed E-state index contributed by atoms with van der Waals surface area (Å²) in [6.45, 7) is 1.43. The highest BCUT2D eigenvalue weighted by atomic mass is 35.5. The first kappa shape index (κ1) is 20.4. The van der Waals surface area contributed by atoms with Crippen molar-refractivity contribution in [1.29, 1.82) is 0 Å². The molecule has 144 valence electrons. The van der Waals surface area contributed by atoms with Gasteiger partial charge in [-0.1, -0.05) is 11.6 Å². The molecule has 0 N–H and O–H groups in total. The molecule has 2 rings (SSSR count). The van der Waals surface area contributed by atoms with E-state index < -0.39 is 50.5 Å². The first-order chi connectivity index (χ1) is 12.5. The van der Waals surface area contributed by atoms with E-state index in [-0.39, 0.29) is 18.4 Å². The van der Waals surface area contributed by atoms with Crippen molar-refractivity contribution < 1.29 is 36.8 Å². The van der Waals surface area contributed by atoms with Gasteiger partial charge in [-0.3, -0.25) is 10.1 Å². The fourth-order valence-corrected chi connectivity index (χ4v) is 2.30. The van der Waals surface area contributed by atoms with E-state index in [1.165, 1.54) is 6.92 Å². The van der Waals surface area contributed by atoms with Crippen LogP contribution in [0, 0.1) is 15.9 Å². The summed E-state index contributed by atoms with van der Waals surface area (Å²) in [6.07, 6.45) is -4.81. The van der Waals surface area contributed by atoms with E-state index in [1.807, 2.05) is 0 Å². The van der Waals surface area contributed by atoms with Crippen LogP contribution in [0.3, 0.4) is 0 Å². The Morgan fingerprint density at radius 2 is 1.93 bits per heavy atom. The summed E-state index contributed by atoms with van der Waals surface area (Å²) in [5.41, 5.74) is -2.36. The maximum Gasteiger partial charge on any atom is 0.416 e. The molecule has 2 aromatic carbocycles. The van der Waals surface area contributed by atoms with Crippen LogP contribution in [0.2, 0.25) is 5.02 Å². The lowest BCUT2D eigenvalue weighted by molar-refractivity contribution is -0.385. The van der Waals surface area contributed by atoms with Crippen LogP contribution in [0.15, 0.2) is 30.3 Å². The fourth-order valence-electron chi connectivity index (χ4n) is 2.05. The zero-order valence-electron chi connectivity index (χ0n) is 13.5. The number of carbonyl (C=O) groups excluding carboxylic acids is 1. The first-order valence-electron chi connectivity index (χ1n) is 7.24. The van der Waals surface area contributed by atoms with Crippen LogP contribution in [0.1, 0.15) is 22.8 Å². The third kappa shape index (κ3) is 4.64. The topological polar surface area (TPSA) is 78.7 Å². The first-order valence-corrected chi connectivity index (χ1v) is 7.62. The predicted molar refractivity (Wildman–Crippen MR) is 85.5 cm³/mol. The molecule has 0 fully saturated rings. The summed E-state index contributed by atoms with van der Waals surface area (Å²) >= 11 is 5.66. The van der Waals surface area contributed by atoms with Crippen LogP contribution in [-0.2, 0) is 10.9 Å².